The Morgan fingerprint density at radius 1 is 1.07 bits per heavy atom. The Morgan fingerprint density at radius 2 is 1.78 bits per heavy atom. The van der Waals surface area contributed by atoms with E-state index in [-0.39, 0.29) is 29.4 Å². The Hall–Kier alpha value is -4.26. The molecule has 1 aromatic heterocycles. The van der Waals surface area contributed by atoms with E-state index >= 15 is 0 Å². The van der Waals surface area contributed by atoms with Gasteiger partial charge < -0.3 is 10.6 Å². The van der Waals surface area contributed by atoms with Crippen molar-refractivity contribution in [2.75, 3.05) is 11.4 Å². The van der Waals surface area contributed by atoms with Gasteiger partial charge in [0, 0.05) is 30.4 Å². The summed E-state index contributed by atoms with van der Waals surface area (Å²) in [4.78, 5) is 15.0. The van der Waals surface area contributed by atoms with Crippen LogP contribution >= 0.6 is 0 Å². The Balaban J connectivity index is 0.00000124. The maximum atomic E-state index is 13.6. The molecular weight excluding hydrogens is 555 g/mol. The van der Waals surface area contributed by atoms with E-state index in [1.165, 1.54) is 11.0 Å². The lowest BCUT2D eigenvalue weighted by Gasteiger charge is -2.19. The van der Waals surface area contributed by atoms with Crippen LogP contribution in [0.5, 0.6) is 0 Å². The lowest BCUT2D eigenvalue weighted by Crippen LogP contribution is -2.30. The molecule has 0 bridgehead atoms. The SMILES string of the molecule is C=CC.NCc1cccc(-n2nc(C(F)(F)F)cc2C(=O)N2CCc3cc(-c4ccccc4S(N)(=O)=O)ccc32)c1. The summed E-state index contributed by atoms with van der Waals surface area (Å²) in [6.07, 6.45) is -2.57. The number of nitrogens with zero attached hydrogens (tertiary/aromatic N) is 3. The molecule has 214 valence electrons. The molecule has 1 aliphatic heterocycles. The molecule has 1 aliphatic rings. The molecule has 0 atom stereocenters. The van der Waals surface area contributed by atoms with E-state index in [4.69, 9.17) is 10.9 Å². The first-order valence-corrected chi connectivity index (χ1v) is 14.0. The van der Waals surface area contributed by atoms with Crippen LogP contribution in [0.3, 0.4) is 0 Å². The van der Waals surface area contributed by atoms with Gasteiger partial charge in [-0.15, -0.1) is 6.58 Å². The van der Waals surface area contributed by atoms with Gasteiger partial charge in [0.05, 0.1) is 10.6 Å². The number of rotatable bonds is 5. The second kappa shape index (κ2) is 11.7. The highest BCUT2D eigenvalue weighted by molar-refractivity contribution is 7.89. The topological polar surface area (TPSA) is 124 Å². The molecule has 12 heteroatoms. The number of carbonyl (C=O) groups is 1. The molecule has 3 aromatic carbocycles. The second-order valence-electron chi connectivity index (χ2n) is 9.20. The van der Waals surface area contributed by atoms with Crippen molar-refractivity contribution in [3.8, 4) is 16.8 Å². The van der Waals surface area contributed by atoms with Crippen LogP contribution in [0, 0.1) is 0 Å². The zero-order valence-corrected chi connectivity index (χ0v) is 22.9. The van der Waals surface area contributed by atoms with E-state index in [2.05, 4.69) is 11.7 Å². The van der Waals surface area contributed by atoms with E-state index in [9.17, 15) is 26.4 Å². The number of alkyl halides is 3. The minimum absolute atomic E-state index is 0.0332. The molecule has 0 spiro atoms. The predicted octanol–water partition coefficient (Wildman–Crippen LogP) is 5.06. The quantitative estimate of drug-likeness (QED) is 0.318. The molecule has 2 heterocycles. The maximum absolute atomic E-state index is 13.6. The summed E-state index contributed by atoms with van der Waals surface area (Å²) >= 11 is 0. The number of benzene rings is 3. The fourth-order valence-corrected chi connectivity index (χ4v) is 5.32. The highest BCUT2D eigenvalue weighted by atomic mass is 32.2. The van der Waals surface area contributed by atoms with Crippen LogP contribution in [0.2, 0.25) is 0 Å². The molecule has 0 aliphatic carbocycles. The zero-order valence-electron chi connectivity index (χ0n) is 22.1. The summed E-state index contributed by atoms with van der Waals surface area (Å²) in [7, 11) is -3.98. The minimum Gasteiger partial charge on any atom is -0.326 e. The number of nitrogens with two attached hydrogens (primary N) is 2. The number of fused-ring (bicyclic) bond motifs is 1. The first-order chi connectivity index (χ1) is 19.4. The monoisotopic (exact) mass is 583 g/mol. The van der Waals surface area contributed by atoms with Gasteiger partial charge in [-0.3, -0.25) is 4.79 Å². The van der Waals surface area contributed by atoms with Crippen LogP contribution < -0.4 is 15.8 Å². The number of carbonyl (C=O) groups excluding carboxylic acids is 1. The third-order valence-corrected chi connectivity index (χ3v) is 7.30. The summed E-state index contributed by atoms with van der Waals surface area (Å²) in [5.74, 6) is -0.650. The van der Waals surface area contributed by atoms with Gasteiger partial charge in [-0.1, -0.05) is 42.5 Å². The van der Waals surface area contributed by atoms with Crippen molar-refractivity contribution in [1.82, 2.24) is 9.78 Å². The van der Waals surface area contributed by atoms with Crippen LogP contribution in [-0.2, 0) is 29.2 Å². The third kappa shape index (κ3) is 6.24. The first kappa shape index (κ1) is 29.7. The standard InChI is InChI=1S/C26H22F3N5O3S.C3H6/c27-26(28,29)24-14-22(34(32-24)19-5-3-4-16(12-19)15-30)25(35)33-11-10-18-13-17(8-9-21(18)33)20-6-1-2-7-23(20)38(31,36)37;1-3-2/h1-9,12-14H,10-11,15,30H2,(H2,31,36,37);3H,1H2,2H3. The van der Waals surface area contributed by atoms with Crippen LogP contribution in [0.4, 0.5) is 18.9 Å². The molecule has 0 radical (unpaired) electrons. The Bertz CT molecular complexity index is 1710. The molecule has 0 saturated heterocycles. The number of primary sulfonamides is 1. The number of amides is 1. The highest BCUT2D eigenvalue weighted by Crippen LogP contribution is 2.36. The molecule has 8 nitrogen and oxygen atoms in total. The van der Waals surface area contributed by atoms with Crippen molar-refractivity contribution < 1.29 is 26.4 Å². The third-order valence-electron chi connectivity index (χ3n) is 6.33. The summed E-state index contributed by atoms with van der Waals surface area (Å²) in [5.41, 5.74) is 7.46. The molecule has 0 saturated carbocycles. The average molecular weight is 584 g/mol. The van der Waals surface area contributed by atoms with Gasteiger partial charge >= 0.3 is 6.18 Å². The van der Waals surface area contributed by atoms with Gasteiger partial charge in [0.15, 0.2) is 5.69 Å². The largest absolute Gasteiger partial charge is 0.435 e. The van der Waals surface area contributed by atoms with Crippen molar-refractivity contribution in [3.05, 3.63) is 108 Å². The normalized spacial score (nSPS) is 12.9. The molecule has 41 heavy (non-hydrogen) atoms. The number of sulfonamides is 1. The fraction of sp³-hybridized carbons (Fsp3) is 0.172. The van der Waals surface area contributed by atoms with Gasteiger partial charge in [-0.25, -0.2) is 18.2 Å². The summed E-state index contributed by atoms with van der Waals surface area (Å²) in [5, 5.41) is 9.07. The number of anilines is 1. The molecular formula is C29H28F3N5O3S. The molecule has 0 unspecified atom stereocenters. The molecule has 4 N–H and O–H groups in total. The van der Waals surface area contributed by atoms with E-state index in [0.29, 0.717) is 28.8 Å². The van der Waals surface area contributed by atoms with Gasteiger partial charge in [0.2, 0.25) is 10.0 Å². The van der Waals surface area contributed by atoms with Crippen LogP contribution in [0.15, 0.2) is 90.3 Å². The molecule has 0 fully saturated rings. The van der Waals surface area contributed by atoms with Crippen LogP contribution in [0.1, 0.15) is 34.2 Å². The lowest BCUT2D eigenvalue weighted by atomic mass is 10.0. The van der Waals surface area contributed by atoms with E-state index in [1.54, 1.807) is 66.7 Å². The zero-order chi connectivity index (χ0) is 29.9. The summed E-state index contributed by atoms with van der Waals surface area (Å²) in [6.45, 7) is 5.64. The van der Waals surface area contributed by atoms with Gasteiger partial charge in [-0.05, 0) is 60.4 Å². The Labute approximate surface area is 235 Å². The number of aromatic nitrogens is 2. The lowest BCUT2D eigenvalue weighted by molar-refractivity contribution is -0.141. The predicted molar refractivity (Wildman–Crippen MR) is 151 cm³/mol. The van der Waals surface area contributed by atoms with Crippen molar-refractivity contribution in [2.24, 2.45) is 10.9 Å². The Morgan fingerprint density at radius 3 is 2.44 bits per heavy atom. The van der Waals surface area contributed by atoms with Crippen LogP contribution in [-0.4, -0.2) is 30.7 Å². The van der Waals surface area contributed by atoms with Crippen molar-refractivity contribution in [2.45, 2.75) is 31.0 Å². The van der Waals surface area contributed by atoms with E-state index in [1.807, 2.05) is 6.92 Å². The second-order valence-corrected chi connectivity index (χ2v) is 10.7. The average Bonchev–Trinajstić information content (AvgIpc) is 3.58. The van der Waals surface area contributed by atoms with Crippen molar-refractivity contribution in [3.63, 3.8) is 0 Å². The highest BCUT2D eigenvalue weighted by Gasteiger charge is 2.38. The number of halogens is 3. The Kier molecular flexibility index (Phi) is 8.47. The van der Waals surface area contributed by atoms with Gasteiger partial charge in [0.1, 0.15) is 5.69 Å². The smallest absolute Gasteiger partial charge is 0.326 e. The van der Waals surface area contributed by atoms with Gasteiger partial charge in [-0.2, -0.15) is 18.3 Å². The van der Waals surface area contributed by atoms with Crippen molar-refractivity contribution in [1.29, 1.82) is 0 Å². The number of allylic oxidation sites excluding steroid dienone is 1. The number of hydrogen-bond acceptors (Lipinski definition) is 5. The maximum Gasteiger partial charge on any atom is 0.435 e. The first-order valence-electron chi connectivity index (χ1n) is 12.5. The van der Waals surface area contributed by atoms with Gasteiger partial charge in [0.25, 0.3) is 5.91 Å². The van der Waals surface area contributed by atoms with E-state index in [0.717, 1.165) is 16.3 Å². The fourth-order valence-electron chi connectivity index (χ4n) is 4.56. The summed E-state index contributed by atoms with van der Waals surface area (Å²) in [6, 6.07) is 18.6. The van der Waals surface area contributed by atoms with Crippen LogP contribution in [0.25, 0.3) is 16.8 Å². The molecule has 4 aromatic rings. The minimum atomic E-state index is -4.75. The van der Waals surface area contributed by atoms with Crippen molar-refractivity contribution >= 4 is 21.6 Å². The summed E-state index contributed by atoms with van der Waals surface area (Å²) < 4.78 is 65.8. The number of hydrogen-bond donors (Lipinski definition) is 2. The molecule has 1 amide bonds. The van der Waals surface area contributed by atoms with E-state index < -0.39 is 27.8 Å². The molecule has 5 rings (SSSR count).